The Morgan fingerprint density at radius 3 is 2.76 bits per heavy atom. The fourth-order valence-corrected chi connectivity index (χ4v) is 3.97. The second-order valence-corrected chi connectivity index (χ2v) is 7.88. The molecule has 176 valence electrons. The van der Waals surface area contributed by atoms with E-state index in [0.717, 1.165) is 0 Å². The van der Waals surface area contributed by atoms with Crippen LogP contribution in [0.25, 0.3) is 0 Å². The molecule has 1 N–H and O–H groups in total. The van der Waals surface area contributed by atoms with Crippen LogP contribution in [0.5, 0.6) is 0 Å². The number of halogens is 1. The fraction of sp³-hybridized carbons (Fsp3) is 0.429. The van der Waals surface area contributed by atoms with Crippen molar-refractivity contribution in [2.75, 3.05) is 55.7 Å². The standard InChI is InChI=1S/C21H24FN5O5S/c1-2-30-20(33)23-12-15-13-27(21(29)31-15)14-3-4-17(16(22)11-14)25-7-9-26(10-8-25)19(28)18-5-6-24-32-18/h3-6,11,15H,2,7-10,12-13H2,1H3,(H,23,33). The minimum Gasteiger partial charge on any atom is -0.471 e. The lowest BCUT2D eigenvalue weighted by Gasteiger charge is -2.35. The highest BCUT2D eigenvalue weighted by atomic mass is 32.1. The lowest BCUT2D eigenvalue weighted by atomic mass is 10.2. The maximum absolute atomic E-state index is 15.0. The molecule has 10 nitrogen and oxygen atoms in total. The minimum absolute atomic E-state index is 0.185. The van der Waals surface area contributed by atoms with Gasteiger partial charge in [-0.3, -0.25) is 9.69 Å². The summed E-state index contributed by atoms with van der Waals surface area (Å²) in [5, 5.41) is 6.68. The van der Waals surface area contributed by atoms with E-state index in [1.54, 1.807) is 17.0 Å². The summed E-state index contributed by atoms with van der Waals surface area (Å²) in [6.45, 7) is 4.63. The molecule has 1 atom stereocenters. The first-order chi connectivity index (χ1) is 16.0. The Morgan fingerprint density at radius 1 is 1.30 bits per heavy atom. The number of carbonyl (C=O) groups is 2. The van der Waals surface area contributed by atoms with Crippen LogP contribution in [0.4, 0.5) is 20.6 Å². The molecule has 12 heteroatoms. The van der Waals surface area contributed by atoms with Crippen LogP contribution in [-0.4, -0.2) is 79.2 Å². The summed E-state index contributed by atoms with van der Waals surface area (Å²) >= 11 is 5.01. The third-order valence-electron chi connectivity index (χ3n) is 5.42. The predicted molar refractivity (Wildman–Crippen MR) is 121 cm³/mol. The van der Waals surface area contributed by atoms with E-state index in [2.05, 4.69) is 10.5 Å². The quantitative estimate of drug-likeness (QED) is 0.626. The van der Waals surface area contributed by atoms with Gasteiger partial charge in [0, 0.05) is 32.2 Å². The van der Waals surface area contributed by atoms with Gasteiger partial charge in [0.15, 0.2) is 0 Å². The summed E-state index contributed by atoms with van der Waals surface area (Å²) in [5.74, 6) is -0.499. The number of thiocarbonyl (C=S) groups is 1. The van der Waals surface area contributed by atoms with Crippen molar-refractivity contribution in [3.05, 3.63) is 42.0 Å². The van der Waals surface area contributed by atoms with Gasteiger partial charge >= 0.3 is 6.09 Å². The van der Waals surface area contributed by atoms with Gasteiger partial charge in [-0.05, 0) is 37.3 Å². The molecule has 1 aromatic heterocycles. The molecule has 0 aliphatic carbocycles. The highest BCUT2D eigenvalue weighted by Gasteiger charge is 2.33. The van der Waals surface area contributed by atoms with Crippen LogP contribution in [0, 0.1) is 5.82 Å². The SMILES string of the molecule is CCOC(=S)NCC1CN(c2ccc(N3CCN(C(=O)c4ccno4)CC3)c(F)c2)C(=O)O1. The molecule has 2 aliphatic rings. The van der Waals surface area contributed by atoms with Crippen molar-refractivity contribution in [2.24, 2.45) is 0 Å². The van der Waals surface area contributed by atoms with Crippen molar-refractivity contribution < 1.29 is 28.0 Å². The topological polar surface area (TPSA) is 100 Å². The van der Waals surface area contributed by atoms with Crippen molar-refractivity contribution in [1.82, 2.24) is 15.4 Å². The van der Waals surface area contributed by atoms with E-state index >= 15 is 0 Å². The Kier molecular flexibility index (Phi) is 6.92. The highest BCUT2D eigenvalue weighted by molar-refractivity contribution is 7.80. The molecule has 4 rings (SSSR count). The maximum atomic E-state index is 15.0. The predicted octanol–water partition coefficient (Wildman–Crippen LogP) is 2.01. The van der Waals surface area contributed by atoms with Crippen LogP contribution in [0.15, 0.2) is 35.0 Å². The summed E-state index contributed by atoms with van der Waals surface area (Å²) in [7, 11) is 0. The van der Waals surface area contributed by atoms with Crippen LogP contribution in [0.2, 0.25) is 0 Å². The number of anilines is 2. The Labute approximate surface area is 195 Å². The smallest absolute Gasteiger partial charge is 0.414 e. The van der Waals surface area contributed by atoms with Gasteiger partial charge in [0.2, 0.25) is 5.76 Å². The number of cyclic esters (lactones) is 1. The molecule has 0 spiro atoms. The van der Waals surface area contributed by atoms with E-state index in [1.165, 1.54) is 23.2 Å². The van der Waals surface area contributed by atoms with Crippen LogP contribution in [0.1, 0.15) is 17.5 Å². The van der Waals surface area contributed by atoms with E-state index in [-0.39, 0.29) is 23.4 Å². The number of carbonyl (C=O) groups excluding carboxylic acids is 2. The van der Waals surface area contributed by atoms with Gasteiger partial charge in [-0.2, -0.15) is 0 Å². The van der Waals surface area contributed by atoms with Gasteiger partial charge in [-0.1, -0.05) is 5.16 Å². The molecule has 2 amide bonds. The van der Waals surface area contributed by atoms with Gasteiger partial charge in [0.25, 0.3) is 11.1 Å². The molecule has 0 saturated carbocycles. The lowest BCUT2D eigenvalue weighted by molar-refractivity contribution is 0.0704. The zero-order chi connectivity index (χ0) is 23.4. The Hall–Kier alpha value is -3.41. The first kappa shape index (κ1) is 22.8. The highest BCUT2D eigenvalue weighted by Crippen LogP contribution is 2.28. The number of hydrogen-bond acceptors (Lipinski definition) is 8. The summed E-state index contributed by atoms with van der Waals surface area (Å²) in [5.41, 5.74) is 0.827. The van der Waals surface area contributed by atoms with Crippen molar-refractivity contribution in [2.45, 2.75) is 13.0 Å². The number of ether oxygens (including phenoxy) is 2. The summed E-state index contributed by atoms with van der Waals surface area (Å²) in [4.78, 5) is 29.5. The molecule has 2 saturated heterocycles. The molecule has 0 radical (unpaired) electrons. The molecular weight excluding hydrogens is 453 g/mol. The molecule has 2 fully saturated rings. The summed E-state index contributed by atoms with van der Waals surface area (Å²) in [6.07, 6.45) is 0.440. The number of rotatable bonds is 6. The number of amides is 2. The van der Waals surface area contributed by atoms with Crippen LogP contribution < -0.4 is 15.1 Å². The molecule has 1 unspecified atom stereocenters. The molecule has 33 heavy (non-hydrogen) atoms. The minimum atomic E-state index is -0.546. The van der Waals surface area contributed by atoms with E-state index < -0.39 is 18.0 Å². The first-order valence-electron chi connectivity index (χ1n) is 10.6. The normalized spacial score (nSPS) is 18.3. The Balaban J connectivity index is 1.34. The Morgan fingerprint density at radius 2 is 2.09 bits per heavy atom. The van der Waals surface area contributed by atoms with E-state index in [0.29, 0.717) is 50.7 Å². The third kappa shape index (κ3) is 5.16. The van der Waals surface area contributed by atoms with Crippen molar-refractivity contribution in [1.29, 1.82) is 0 Å². The van der Waals surface area contributed by atoms with E-state index in [1.807, 2.05) is 11.8 Å². The second kappa shape index (κ2) is 10.0. The molecule has 2 aromatic rings. The number of piperazine rings is 1. The Bertz CT molecular complexity index is 1010. The molecule has 0 bridgehead atoms. The van der Waals surface area contributed by atoms with Crippen LogP contribution in [0.3, 0.4) is 0 Å². The zero-order valence-electron chi connectivity index (χ0n) is 18.0. The summed E-state index contributed by atoms with van der Waals surface area (Å²) in [6, 6.07) is 6.17. The molecular formula is C21H24FN5O5S. The fourth-order valence-electron chi connectivity index (χ4n) is 3.77. The second-order valence-electron chi connectivity index (χ2n) is 7.51. The first-order valence-corrected chi connectivity index (χ1v) is 11.0. The lowest BCUT2D eigenvalue weighted by Crippen LogP contribution is -2.49. The monoisotopic (exact) mass is 477 g/mol. The number of nitrogens with one attached hydrogen (secondary N) is 1. The average Bonchev–Trinajstić information content (AvgIpc) is 3.48. The van der Waals surface area contributed by atoms with Gasteiger partial charge in [0.05, 0.1) is 37.3 Å². The number of nitrogens with zero attached hydrogens (tertiary/aromatic N) is 4. The van der Waals surface area contributed by atoms with Crippen LogP contribution in [-0.2, 0) is 9.47 Å². The third-order valence-corrected chi connectivity index (χ3v) is 5.68. The number of hydrogen-bond donors (Lipinski definition) is 1. The van der Waals surface area contributed by atoms with Gasteiger partial charge in [0.1, 0.15) is 11.9 Å². The van der Waals surface area contributed by atoms with E-state index in [9.17, 15) is 14.0 Å². The molecule has 2 aliphatic heterocycles. The maximum Gasteiger partial charge on any atom is 0.414 e. The van der Waals surface area contributed by atoms with Gasteiger partial charge in [-0.25, -0.2) is 9.18 Å². The zero-order valence-corrected chi connectivity index (χ0v) is 18.8. The van der Waals surface area contributed by atoms with Crippen molar-refractivity contribution in [3.63, 3.8) is 0 Å². The van der Waals surface area contributed by atoms with Gasteiger partial charge in [-0.15, -0.1) is 0 Å². The van der Waals surface area contributed by atoms with Gasteiger partial charge < -0.3 is 29.1 Å². The molecule has 1 aromatic carbocycles. The average molecular weight is 478 g/mol. The van der Waals surface area contributed by atoms with Crippen molar-refractivity contribution in [3.8, 4) is 0 Å². The van der Waals surface area contributed by atoms with Crippen LogP contribution >= 0.6 is 12.2 Å². The summed E-state index contributed by atoms with van der Waals surface area (Å²) < 4.78 is 30.4. The molecule has 3 heterocycles. The number of benzene rings is 1. The van der Waals surface area contributed by atoms with Crippen molar-refractivity contribution >= 4 is 40.8 Å². The van der Waals surface area contributed by atoms with E-state index in [4.69, 9.17) is 26.2 Å². The largest absolute Gasteiger partial charge is 0.471 e. The number of aromatic nitrogens is 1.